The summed E-state index contributed by atoms with van der Waals surface area (Å²) in [5, 5.41) is 10.1. The minimum absolute atomic E-state index is 0.354. The monoisotopic (exact) mass is 213 g/mol. The second-order valence-corrected chi connectivity index (χ2v) is 3.63. The molecule has 0 aromatic heterocycles. The molecule has 1 atom stereocenters. The lowest BCUT2D eigenvalue weighted by molar-refractivity contribution is -0.137. The summed E-state index contributed by atoms with van der Waals surface area (Å²) in [5.74, 6) is -0.354. The number of benzene rings is 1. The van der Waals surface area contributed by atoms with E-state index < -0.39 is 6.10 Å². The van der Waals surface area contributed by atoms with Gasteiger partial charge in [0, 0.05) is 19.1 Å². The van der Waals surface area contributed by atoms with Gasteiger partial charge in [0.1, 0.15) is 0 Å². The van der Waals surface area contributed by atoms with Gasteiger partial charge in [-0.05, 0) is 17.7 Å². The van der Waals surface area contributed by atoms with Crippen molar-refractivity contribution < 1.29 is 9.90 Å². The number of rotatable bonds is 2. The van der Waals surface area contributed by atoms with E-state index in [0.29, 0.717) is 10.6 Å². The van der Waals surface area contributed by atoms with Crippen LogP contribution in [0.2, 0.25) is 5.02 Å². The van der Waals surface area contributed by atoms with Gasteiger partial charge in [0.05, 0.1) is 0 Å². The molecule has 0 aliphatic carbocycles. The second kappa shape index (κ2) is 4.44. The van der Waals surface area contributed by atoms with E-state index in [9.17, 15) is 9.90 Å². The Labute approximate surface area is 87.9 Å². The molecule has 1 rings (SSSR count). The van der Waals surface area contributed by atoms with Crippen molar-refractivity contribution in [3.05, 3.63) is 34.9 Å². The van der Waals surface area contributed by atoms with Gasteiger partial charge in [-0.3, -0.25) is 4.79 Å². The predicted molar refractivity (Wildman–Crippen MR) is 55.1 cm³/mol. The van der Waals surface area contributed by atoms with Crippen LogP contribution >= 0.6 is 11.6 Å². The van der Waals surface area contributed by atoms with Crippen LogP contribution in [0.15, 0.2) is 24.3 Å². The van der Waals surface area contributed by atoms with Crippen LogP contribution in [0.5, 0.6) is 0 Å². The van der Waals surface area contributed by atoms with Crippen LogP contribution in [-0.2, 0) is 4.79 Å². The molecule has 14 heavy (non-hydrogen) atoms. The molecule has 76 valence electrons. The van der Waals surface area contributed by atoms with Gasteiger partial charge in [-0.25, -0.2) is 0 Å². The van der Waals surface area contributed by atoms with Gasteiger partial charge in [0.2, 0.25) is 0 Å². The molecular formula is C10H12ClNO2. The molecule has 1 unspecified atom stereocenters. The van der Waals surface area contributed by atoms with Crippen molar-refractivity contribution in [2.24, 2.45) is 0 Å². The first kappa shape index (κ1) is 11.0. The molecule has 0 fully saturated rings. The predicted octanol–water partition coefficient (Wildman–Crippen LogP) is 1.46. The topological polar surface area (TPSA) is 40.5 Å². The van der Waals surface area contributed by atoms with E-state index in [1.165, 1.54) is 4.90 Å². The molecule has 1 N–H and O–H groups in total. The highest BCUT2D eigenvalue weighted by molar-refractivity contribution is 6.30. The van der Waals surface area contributed by atoms with Crippen LogP contribution in [0, 0.1) is 0 Å². The molecule has 0 aliphatic heterocycles. The Kier molecular flexibility index (Phi) is 3.49. The number of halogens is 1. The number of carbonyl (C=O) groups is 1. The first-order valence-corrected chi connectivity index (χ1v) is 4.55. The summed E-state index contributed by atoms with van der Waals surface area (Å²) in [5.41, 5.74) is 0.510. The Morgan fingerprint density at radius 2 is 2.14 bits per heavy atom. The highest BCUT2D eigenvalue weighted by Gasteiger charge is 2.18. The smallest absolute Gasteiger partial charge is 0.255 e. The Bertz CT molecular complexity index is 339. The fourth-order valence-electron chi connectivity index (χ4n) is 1.06. The van der Waals surface area contributed by atoms with Gasteiger partial charge < -0.3 is 10.0 Å². The highest BCUT2D eigenvalue weighted by Crippen LogP contribution is 2.18. The Morgan fingerprint density at radius 1 is 1.50 bits per heavy atom. The Morgan fingerprint density at radius 3 is 2.64 bits per heavy atom. The van der Waals surface area contributed by atoms with Crippen LogP contribution in [-0.4, -0.2) is 30.0 Å². The lowest BCUT2D eigenvalue weighted by atomic mass is 10.1. The zero-order chi connectivity index (χ0) is 10.7. The Hall–Kier alpha value is -1.06. The van der Waals surface area contributed by atoms with E-state index in [1.54, 1.807) is 38.4 Å². The number of hydrogen-bond donors (Lipinski definition) is 1. The van der Waals surface area contributed by atoms with Gasteiger partial charge >= 0.3 is 0 Å². The molecule has 0 saturated heterocycles. The van der Waals surface area contributed by atoms with Crippen molar-refractivity contribution in [1.82, 2.24) is 4.90 Å². The summed E-state index contributed by atoms with van der Waals surface area (Å²) >= 11 is 5.74. The molecule has 1 amide bonds. The Balaban J connectivity index is 2.89. The second-order valence-electron chi connectivity index (χ2n) is 3.19. The largest absolute Gasteiger partial charge is 0.378 e. The molecule has 3 nitrogen and oxygen atoms in total. The molecule has 0 bridgehead atoms. The zero-order valence-electron chi connectivity index (χ0n) is 8.07. The molecule has 0 spiro atoms. The van der Waals surface area contributed by atoms with Crippen molar-refractivity contribution in [2.45, 2.75) is 6.10 Å². The standard InChI is InChI=1S/C10H12ClNO2/c1-12(2)10(14)9(13)7-4-3-5-8(11)6-7/h3-6,9,13H,1-2H3. The van der Waals surface area contributed by atoms with Crippen LogP contribution in [0.4, 0.5) is 0 Å². The lowest BCUT2D eigenvalue weighted by Gasteiger charge is -2.15. The number of nitrogens with zero attached hydrogens (tertiary/aromatic N) is 1. The summed E-state index contributed by atoms with van der Waals surface area (Å²) in [4.78, 5) is 12.7. The van der Waals surface area contributed by atoms with Crippen LogP contribution in [0.3, 0.4) is 0 Å². The SMILES string of the molecule is CN(C)C(=O)C(O)c1cccc(Cl)c1. The van der Waals surface area contributed by atoms with Gasteiger partial charge in [-0.1, -0.05) is 23.7 Å². The fourth-order valence-corrected chi connectivity index (χ4v) is 1.26. The lowest BCUT2D eigenvalue weighted by Crippen LogP contribution is -2.27. The summed E-state index contributed by atoms with van der Waals surface area (Å²) in [6, 6.07) is 6.63. The summed E-state index contributed by atoms with van der Waals surface area (Å²) in [6.07, 6.45) is -1.14. The summed E-state index contributed by atoms with van der Waals surface area (Å²) in [7, 11) is 3.19. The molecule has 0 saturated carbocycles. The molecule has 0 aliphatic rings. The number of aliphatic hydroxyl groups is 1. The first-order valence-electron chi connectivity index (χ1n) is 4.17. The van der Waals surface area contributed by atoms with Gasteiger partial charge in [0.15, 0.2) is 6.10 Å². The van der Waals surface area contributed by atoms with Crippen molar-refractivity contribution in [3.63, 3.8) is 0 Å². The van der Waals surface area contributed by atoms with Crippen molar-refractivity contribution in [1.29, 1.82) is 0 Å². The van der Waals surface area contributed by atoms with E-state index in [-0.39, 0.29) is 5.91 Å². The maximum absolute atomic E-state index is 11.4. The normalized spacial score (nSPS) is 12.3. The van der Waals surface area contributed by atoms with Crippen molar-refractivity contribution >= 4 is 17.5 Å². The van der Waals surface area contributed by atoms with Crippen LogP contribution < -0.4 is 0 Å². The first-order chi connectivity index (χ1) is 6.52. The van der Waals surface area contributed by atoms with Gasteiger partial charge in [-0.15, -0.1) is 0 Å². The van der Waals surface area contributed by atoms with Crippen LogP contribution in [0.1, 0.15) is 11.7 Å². The fraction of sp³-hybridized carbons (Fsp3) is 0.300. The van der Waals surface area contributed by atoms with Crippen LogP contribution in [0.25, 0.3) is 0 Å². The number of aliphatic hydroxyl groups excluding tert-OH is 1. The van der Waals surface area contributed by atoms with Crippen molar-refractivity contribution in [2.75, 3.05) is 14.1 Å². The van der Waals surface area contributed by atoms with E-state index >= 15 is 0 Å². The van der Waals surface area contributed by atoms with E-state index in [4.69, 9.17) is 11.6 Å². The summed E-state index contributed by atoms with van der Waals surface area (Å²) in [6.45, 7) is 0. The van der Waals surface area contributed by atoms with E-state index in [1.807, 2.05) is 0 Å². The maximum Gasteiger partial charge on any atom is 0.255 e. The van der Waals surface area contributed by atoms with Gasteiger partial charge in [0.25, 0.3) is 5.91 Å². The average Bonchev–Trinajstić information content (AvgIpc) is 2.15. The quantitative estimate of drug-likeness (QED) is 0.808. The van der Waals surface area contributed by atoms with E-state index in [2.05, 4.69) is 0 Å². The van der Waals surface area contributed by atoms with E-state index in [0.717, 1.165) is 0 Å². The minimum Gasteiger partial charge on any atom is -0.378 e. The molecule has 0 radical (unpaired) electrons. The number of amides is 1. The molecule has 4 heteroatoms. The van der Waals surface area contributed by atoms with Crippen molar-refractivity contribution in [3.8, 4) is 0 Å². The number of likely N-dealkylation sites (N-methyl/N-ethyl adjacent to an activating group) is 1. The third-order valence-electron chi connectivity index (χ3n) is 1.84. The zero-order valence-corrected chi connectivity index (χ0v) is 8.82. The third-order valence-corrected chi connectivity index (χ3v) is 2.07. The molecule has 1 aromatic carbocycles. The third kappa shape index (κ3) is 2.47. The summed E-state index contributed by atoms with van der Waals surface area (Å²) < 4.78 is 0. The minimum atomic E-state index is -1.14. The maximum atomic E-state index is 11.4. The highest BCUT2D eigenvalue weighted by atomic mass is 35.5. The average molecular weight is 214 g/mol. The number of hydrogen-bond acceptors (Lipinski definition) is 2. The molecular weight excluding hydrogens is 202 g/mol. The number of carbonyl (C=O) groups excluding carboxylic acids is 1. The van der Waals surface area contributed by atoms with Gasteiger partial charge in [-0.2, -0.15) is 0 Å². The molecule has 1 aromatic rings. The molecule has 0 heterocycles.